The monoisotopic (exact) mass is 574 g/mol. The van der Waals surface area contributed by atoms with Crippen molar-refractivity contribution in [1.82, 2.24) is 20.4 Å². The molecule has 3 aromatic rings. The summed E-state index contributed by atoms with van der Waals surface area (Å²) in [6, 6.07) is 21.4. The SMILES string of the molecule is CCCCN1C(=O)C(CCN2CCCCC2)NC(CNC(=O)c2ccc3cc(Cl)ccc3c2)CC1c1ccccc1. The zero-order chi connectivity index (χ0) is 28.6. The lowest BCUT2D eigenvalue weighted by Gasteiger charge is -2.33. The Hall–Kier alpha value is -2.93. The number of piperidine rings is 1. The first-order valence-corrected chi connectivity index (χ1v) is 15.7. The highest BCUT2D eigenvalue weighted by Crippen LogP contribution is 2.30. The number of amides is 2. The number of unbranched alkanes of at least 4 members (excludes halogenated alkanes) is 1. The molecule has 2 heterocycles. The van der Waals surface area contributed by atoms with Crippen LogP contribution in [0.2, 0.25) is 5.02 Å². The smallest absolute Gasteiger partial charge is 0.251 e. The zero-order valence-corrected chi connectivity index (χ0v) is 24.9. The standard InChI is InChI=1S/C34H43ClN4O2/c1-2-3-19-39-32(25-10-6-4-7-11-25)23-30(37-31(34(39)41)16-20-38-17-8-5-9-18-38)24-36-33(40)28-13-12-27-22-29(35)15-14-26(27)21-28/h4,6-7,10-15,21-22,30-32,37H,2-3,5,8-9,16-20,23-24H2,1H3,(H,36,40). The summed E-state index contributed by atoms with van der Waals surface area (Å²) in [6.07, 6.45) is 7.31. The van der Waals surface area contributed by atoms with Crippen LogP contribution in [0.15, 0.2) is 66.7 Å². The molecule has 2 aliphatic rings. The van der Waals surface area contributed by atoms with Gasteiger partial charge in [-0.1, -0.05) is 73.8 Å². The third kappa shape index (κ3) is 7.68. The lowest BCUT2D eigenvalue weighted by atomic mass is 9.97. The van der Waals surface area contributed by atoms with Crippen molar-refractivity contribution in [3.05, 3.63) is 82.9 Å². The van der Waals surface area contributed by atoms with Gasteiger partial charge in [-0.25, -0.2) is 0 Å². The number of likely N-dealkylation sites (tertiary alicyclic amines) is 1. The van der Waals surface area contributed by atoms with Crippen molar-refractivity contribution in [2.24, 2.45) is 0 Å². The molecule has 0 spiro atoms. The van der Waals surface area contributed by atoms with Gasteiger partial charge in [-0.05, 0) is 85.8 Å². The minimum Gasteiger partial charge on any atom is -0.350 e. The molecule has 5 rings (SSSR count). The fraction of sp³-hybridized carbons (Fsp3) is 0.471. The van der Waals surface area contributed by atoms with Gasteiger partial charge in [0.15, 0.2) is 0 Å². The van der Waals surface area contributed by atoms with Gasteiger partial charge in [-0.3, -0.25) is 9.59 Å². The molecule has 218 valence electrons. The van der Waals surface area contributed by atoms with E-state index in [2.05, 4.69) is 39.5 Å². The Morgan fingerprint density at radius 2 is 1.73 bits per heavy atom. The van der Waals surface area contributed by atoms with Gasteiger partial charge >= 0.3 is 0 Å². The first-order valence-electron chi connectivity index (χ1n) is 15.3. The molecule has 3 aromatic carbocycles. The van der Waals surface area contributed by atoms with E-state index < -0.39 is 0 Å². The Morgan fingerprint density at radius 3 is 2.51 bits per heavy atom. The second-order valence-electron chi connectivity index (χ2n) is 11.6. The van der Waals surface area contributed by atoms with E-state index in [4.69, 9.17) is 11.6 Å². The number of nitrogens with zero attached hydrogens (tertiary/aromatic N) is 2. The van der Waals surface area contributed by atoms with Gasteiger partial charge in [0.1, 0.15) is 0 Å². The number of rotatable bonds is 10. The van der Waals surface area contributed by atoms with Crippen LogP contribution in [0.5, 0.6) is 0 Å². The number of benzene rings is 3. The van der Waals surface area contributed by atoms with Crippen LogP contribution < -0.4 is 10.6 Å². The number of fused-ring (bicyclic) bond motifs is 1. The van der Waals surface area contributed by atoms with Gasteiger partial charge in [0, 0.05) is 36.3 Å². The molecule has 2 N–H and O–H groups in total. The van der Waals surface area contributed by atoms with Crippen LogP contribution in [0.25, 0.3) is 10.8 Å². The van der Waals surface area contributed by atoms with E-state index in [1.54, 1.807) is 0 Å². The van der Waals surface area contributed by atoms with Gasteiger partial charge in [0.2, 0.25) is 5.91 Å². The summed E-state index contributed by atoms with van der Waals surface area (Å²) in [4.78, 5) is 32.0. The molecular formula is C34H43ClN4O2. The molecule has 3 unspecified atom stereocenters. The Kier molecular flexibility index (Phi) is 10.3. The molecule has 2 amide bonds. The van der Waals surface area contributed by atoms with E-state index in [9.17, 15) is 9.59 Å². The molecular weight excluding hydrogens is 532 g/mol. The maximum Gasteiger partial charge on any atom is 0.251 e. The minimum absolute atomic E-state index is 0.0324. The summed E-state index contributed by atoms with van der Waals surface area (Å²) in [6.45, 7) is 6.52. The number of halogens is 1. The number of hydrogen-bond donors (Lipinski definition) is 2. The number of carbonyl (C=O) groups is 2. The molecule has 2 saturated heterocycles. The summed E-state index contributed by atoms with van der Waals surface area (Å²) in [5.74, 6) is 0.0783. The first kappa shape index (κ1) is 29.6. The van der Waals surface area contributed by atoms with Crippen LogP contribution in [0.1, 0.15) is 73.8 Å². The van der Waals surface area contributed by atoms with Crippen molar-refractivity contribution >= 4 is 34.2 Å². The molecule has 0 saturated carbocycles. The second kappa shape index (κ2) is 14.3. The van der Waals surface area contributed by atoms with Gasteiger partial charge in [-0.2, -0.15) is 0 Å². The van der Waals surface area contributed by atoms with Crippen LogP contribution in [0.4, 0.5) is 0 Å². The maximum atomic E-state index is 14.1. The largest absolute Gasteiger partial charge is 0.350 e. The van der Waals surface area contributed by atoms with E-state index in [1.165, 1.54) is 19.3 Å². The molecule has 2 fully saturated rings. The molecule has 2 aliphatic heterocycles. The third-order valence-corrected chi connectivity index (χ3v) is 8.83. The Morgan fingerprint density at radius 1 is 0.976 bits per heavy atom. The third-order valence-electron chi connectivity index (χ3n) is 8.60. The predicted molar refractivity (Wildman–Crippen MR) is 167 cm³/mol. The highest BCUT2D eigenvalue weighted by molar-refractivity contribution is 6.31. The average molecular weight is 575 g/mol. The quantitative estimate of drug-likeness (QED) is 0.303. The van der Waals surface area contributed by atoms with Crippen molar-refractivity contribution in [3.8, 4) is 0 Å². The molecule has 7 heteroatoms. The van der Waals surface area contributed by atoms with Gasteiger partial charge in [-0.15, -0.1) is 0 Å². The fourth-order valence-corrected chi connectivity index (χ4v) is 6.46. The number of carbonyl (C=O) groups excluding carboxylic acids is 2. The molecule has 0 bridgehead atoms. The molecule has 0 radical (unpaired) electrons. The van der Waals surface area contributed by atoms with Crippen molar-refractivity contribution in [2.75, 3.05) is 32.7 Å². The lowest BCUT2D eigenvalue weighted by molar-refractivity contribution is -0.135. The molecule has 3 atom stereocenters. The van der Waals surface area contributed by atoms with Gasteiger partial charge < -0.3 is 20.4 Å². The summed E-state index contributed by atoms with van der Waals surface area (Å²) in [5.41, 5.74) is 1.77. The predicted octanol–water partition coefficient (Wildman–Crippen LogP) is 6.20. The van der Waals surface area contributed by atoms with Gasteiger partial charge in [0.25, 0.3) is 5.91 Å². The van der Waals surface area contributed by atoms with Crippen LogP contribution in [0, 0.1) is 0 Å². The Bertz CT molecular complexity index is 1310. The molecule has 0 aromatic heterocycles. The highest BCUT2D eigenvalue weighted by Gasteiger charge is 2.37. The van der Waals surface area contributed by atoms with Crippen molar-refractivity contribution in [1.29, 1.82) is 0 Å². The Balaban J connectivity index is 1.34. The van der Waals surface area contributed by atoms with Crippen LogP contribution in [-0.2, 0) is 4.79 Å². The molecule has 41 heavy (non-hydrogen) atoms. The maximum absolute atomic E-state index is 14.1. The second-order valence-corrected chi connectivity index (χ2v) is 12.0. The molecule has 6 nitrogen and oxygen atoms in total. The highest BCUT2D eigenvalue weighted by atomic mass is 35.5. The lowest BCUT2D eigenvalue weighted by Crippen LogP contribution is -2.50. The topological polar surface area (TPSA) is 64.7 Å². The summed E-state index contributed by atoms with van der Waals surface area (Å²) in [7, 11) is 0. The first-order chi connectivity index (χ1) is 20.0. The minimum atomic E-state index is -0.269. The average Bonchev–Trinajstić information content (AvgIpc) is 3.14. The summed E-state index contributed by atoms with van der Waals surface area (Å²) in [5, 5.41) is 9.55. The normalized spacial score (nSPS) is 22.0. The van der Waals surface area contributed by atoms with Crippen molar-refractivity contribution in [2.45, 2.75) is 70.0 Å². The summed E-state index contributed by atoms with van der Waals surface area (Å²) < 4.78 is 0. The number of hydrogen-bond acceptors (Lipinski definition) is 4. The fourth-order valence-electron chi connectivity index (χ4n) is 6.28. The van der Waals surface area contributed by atoms with Crippen molar-refractivity contribution < 1.29 is 9.59 Å². The molecule has 0 aliphatic carbocycles. The number of nitrogens with one attached hydrogen (secondary N) is 2. The van der Waals surface area contributed by atoms with E-state index in [1.807, 2.05) is 54.6 Å². The van der Waals surface area contributed by atoms with E-state index in [-0.39, 0.29) is 29.9 Å². The van der Waals surface area contributed by atoms with E-state index in [0.29, 0.717) is 17.1 Å². The Labute approximate surface area is 249 Å². The van der Waals surface area contributed by atoms with Crippen LogP contribution >= 0.6 is 11.6 Å². The van der Waals surface area contributed by atoms with Crippen molar-refractivity contribution in [3.63, 3.8) is 0 Å². The van der Waals surface area contributed by atoms with Crippen LogP contribution in [-0.4, -0.2) is 66.4 Å². The van der Waals surface area contributed by atoms with Gasteiger partial charge in [0.05, 0.1) is 12.1 Å². The van der Waals surface area contributed by atoms with Crippen LogP contribution in [0.3, 0.4) is 0 Å². The van der Waals surface area contributed by atoms with E-state index in [0.717, 1.165) is 68.2 Å². The summed E-state index contributed by atoms with van der Waals surface area (Å²) >= 11 is 6.14. The zero-order valence-electron chi connectivity index (χ0n) is 24.2. The van der Waals surface area contributed by atoms with E-state index >= 15 is 0 Å².